The predicted molar refractivity (Wildman–Crippen MR) is 155 cm³/mol. The molecule has 212 valence electrons. The van der Waals surface area contributed by atoms with Crippen LogP contribution in [0.4, 0.5) is 10.5 Å². The van der Waals surface area contributed by atoms with Crippen LogP contribution in [0.15, 0.2) is 68.7 Å². The highest BCUT2D eigenvalue weighted by Gasteiger charge is 2.20. The molecule has 0 fully saturated rings. The highest BCUT2D eigenvalue weighted by Crippen LogP contribution is 2.30. The lowest BCUT2D eigenvalue weighted by atomic mass is 10.1. The molecule has 0 spiro atoms. The van der Waals surface area contributed by atoms with Crippen LogP contribution in [0.25, 0.3) is 21.9 Å². The standard InChI is InChI=1S/C29H33N3O7S/c1-5-32(6-2)16-15-31-24-13-9-20(18-37-29(34)30-4)28-26(24)27(33)23-17-21(10-14-25(23)38-28)39-40(35,36)22-11-7-19(3)8-12-22/h7-14,17,31H,5-6,15-16,18H2,1-4H3,(H,30,34). The van der Waals surface area contributed by atoms with Crippen molar-refractivity contribution in [3.05, 3.63) is 75.9 Å². The molecule has 3 aromatic carbocycles. The molecule has 11 heteroatoms. The van der Waals surface area contributed by atoms with Crippen molar-refractivity contribution >= 4 is 43.8 Å². The van der Waals surface area contributed by atoms with Crippen molar-refractivity contribution in [2.45, 2.75) is 32.3 Å². The first-order valence-electron chi connectivity index (χ1n) is 13.0. The van der Waals surface area contributed by atoms with E-state index in [1.165, 1.54) is 37.4 Å². The van der Waals surface area contributed by atoms with Gasteiger partial charge in [0.25, 0.3) is 0 Å². The second-order valence-electron chi connectivity index (χ2n) is 9.20. The van der Waals surface area contributed by atoms with Gasteiger partial charge in [-0.3, -0.25) is 4.79 Å². The molecule has 0 aliphatic rings. The number of hydrogen-bond acceptors (Lipinski definition) is 9. The fourth-order valence-electron chi connectivity index (χ4n) is 4.28. The minimum Gasteiger partial charge on any atom is -0.455 e. The van der Waals surface area contributed by atoms with Crippen molar-refractivity contribution in [3.8, 4) is 5.75 Å². The quantitative estimate of drug-likeness (QED) is 0.197. The number of likely N-dealkylation sites (N-methyl/N-ethyl adjacent to an activating group) is 1. The number of carbonyl (C=O) groups is 1. The number of nitrogens with zero attached hydrogens (tertiary/aromatic N) is 1. The SMILES string of the molecule is CCN(CC)CCNc1ccc(COC(=O)NC)c2oc3ccc(OS(=O)(=O)c4ccc(C)cc4)cc3c(=O)c12. The Balaban J connectivity index is 1.77. The highest BCUT2D eigenvalue weighted by atomic mass is 32.2. The number of alkyl carbamates (subject to hydrolysis) is 1. The molecule has 0 atom stereocenters. The summed E-state index contributed by atoms with van der Waals surface area (Å²) < 4.78 is 42.4. The minimum absolute atomic E-state index is 0.00388. The molecule has 1 heterocycles. The number of anilines is 1. The van der Waals surface area contributed by atoms with Gasteiger partial charge in [-0.05, 0) is 62.5 Å². The van der Waals surface area contributed by atoms with Crippen LogP contribution < -0.4 is 20.2 Å². The van der Waals surface area contributed by atoms with E-state index < -0.39 is 16.2 Å². The summed E-state index contributed by atoms with van der Waals surface area (Å²) in [6.45, 7) is 9.06. The largest absolute Gasteiger partial charge is 0.455 e. The molecule has 0 saturated carbocycles. The Kier molecular flexibility index (Phi) is 8.96. The molecule has 0 saturated heterocycles. The summed E-state index contributed by atoms with van der Waals surface area (Å²) in [5.41, 5.74) is 2.11. The van der Waals surface area contributed by atoms with Crippen LogP contribution in [-0.4, -0.2) is 52.6 Å². The first kappa shape index (κ1) is 28.9. The lowest BCUT2D eigenvalue weighted by molar-refractivity contribution is 0.142. The number of aryl methyl sites for hydroxylation is 1. The van der Waals surface area contributed by atoms with Crippen molar-refractivity contribution in [1.82, 2.24) is 10.2 Å². The molecule has 0 radical (unpaired) electrons. The van der Waals surface area contributed by atoms with E-state index in [4.69, 9.17) is 13.3 Å². The number of ether oxygens (including phenoxy) is 1. The van der Waals surface area contributed by atoms with Crippen molar-refractivity contribution in [2.75, 3.05) is 38.5 Å². The topological polar surface area (TPSA) is 127 Å². The van der Waals surface area contributed by atoms with Crippen molar-refractivity contribution in [2.24, 2.45) is 0 Å². The summed E-state index contributed by atoms with van der Waals surface area (Å²) in [6.07, 6.45) is -0.616. The van der Waals surface area contributed by atoms with Crippen molar-refractivity contribution < 1.29 is 26.5 Å². The van der Waals surface area contributed by atoms with E-state index in [1.54, 1.807) is 24.3 Å². The Bertz CT molecular complexity index is 1680. The molecule has 0 bridgehead atoms. The van der Waals surface area contributed by atoms with E-state index in [0.717, 1.165) is 25.2 Å². The van der Waals surface area contributed by atoms with E-state index >= 15 is 0 Å². The zero-order valence-corrected chi connectivity index (χ0v) is 23.8. The van der Waals surface area contributed by atoms with Gasteiger partial charge in [0.1, 0.15) is 28.4 Å². The molecule has 2 N–H and O–H groups in total. The Morgan fingerprint density at radius 3 is 2.42 bits per heavy atom. The molecule has 1 amide bonds. The Labute approximate surface area is 233 Å². The molecular weight excluding hydrogens is 534 g/mol. The van der Waals surface area contributed by atoms with Gasteiger partial charge in [0.2, 0.25) is 5.43 Å². The van der Waals surface area contributed by atoms with Crippen LogP contribution in [0.1, 0.15) is 25.0 Å². The third-order valence-electron chi connectivity index (χ3n) is 6.59. The van der Waals surface area contributed by atoms with Gasteiger partial charge >= 0.3 is 16.2 Å². The maximum absolute atomic E-state index is 13.9. The average molecular weight is 568 g/mol. The number of hydrogen-bond donors (Lipinski definition) is 2. The zero-order valence-electron chi connectivity index (χ0n) is 22.9. The van der Waals surface area contributed by atoms with E-state index in [9.17, 15) is 18.0 Å². The van der Waals surface area contributed by atoms with Crippen LogP contribution in [-0.2, 0) is 21.5 Å². The normalized spacial score (nSPS) is 11.6. The highest BCUT2D eigenvalue weighted by molar-refractivity contribution is 7.87. The van der Waals surface area contributed by atoms with Crippen LogP contribution in [0.2, 0.25) is 0 Å². The Hall–Kier alpha value is -4.09. The molecule has 0 aliphatic carbocycles. The summed E-state index contributed by atoms with van der Waals surface area (Å²) in [6, 6.07) is 14.0. The van der Waals surface area contributed by atoms with Crippen LogP contribution in [0.5, 0.6) is 5.75 Å². The summed E-state index contributed by atoms with van der Waals surface area (Å²) in [5.74, 6) is -0.0186. The molecule has 40 heavy (non-hydrogen) atoms. The van der Waals surface area contributed by atoms with Gasteiger partial charge in [-0.25, -0.2) is 4.79 Å². The number of fused-ring (bicyclic) bond motifs is 2. The Morgan fingerprint density at radius 2 is 1.75 bits per heavy atom. The molecule has 10 nitrogen and oxygen atoms in total. The lowest BCUT2D eigenvalue weighted by Crippen LogP contribution is -2.28. The molecule has 0 unspecified atom stereocenters. The summed E-state index contributed by atoms with van der Waals surface area (Å²) >= 11 is 0. The van der Waals surface area contributed by atoms with E-state index in [0.29, 0.717) is 17.8 Å². The lowest BCUT2D eigenvalue weighted by Gasteiger charge is -2.19. The first-order valence-corrected chi connectivity index (χ1v) is 14.4. The van der Waals surface area contributed by atoms with Gasteiger partial charge in [0.05, 0.1) is 10.8 Å². The Morgan fingerprint density at radius 1 is 1.02 bits per heavy atom. The minimum atomic E-state index is -4.12. The van der Waals surface area contributed by atoms with E-state index in [2.05, 4.69) is 29.4 Å². The third-order valence-corrected chi connectivity index (χ3v) is 7.85. The van der Waals surface area contributed by atoms with Gasteiger partial charge in [0, 0.05) is 31.4 Å². The number of rotatable bonds is 11. The van der Waals surface area contributed by atoms with Crippen LogP contribution >= 0.6 is 0 Å². The fraction of sp³-hybridized carbons (Fsp3) is 0.310. The van der Waals surface area contributed by atoms with Gasteiger partial charge in [-0.15, -0.1) is 0 Å². The number of benzene rings is 3. The second kappa shape index (κ2) is 12.4. The van der Waals surface area contributed by atoms with Crippen molar-refractivity contribution in [3.63, 3.8) is 0 Å². The van der Waals surface area contributed by atoms with Gasteiger partial charge in [-0.2, -0.15) is 8.42 Å². The van der Waals surface area contributed by atoms with Gasteiger partial charge in [0.15, 0.2) is 0 Å². The number of carbonyl (C=O) groups excluding carboxylic acids is 1. The number of nitrogens with one attached hydrogen (secondary N) is 2. The molecule has 0 aliphatic heterocycles. The smallest absolute Gasteiger partial charge is 0.407 e. The van der Waals surface area contributed by atoms with E-state index in [1.807, 2.05) is 6.92 Å². The summed E-state index contributed by atoms with van der Waals surface area (Å²) in [4.78, 5) is 27.8. The molecular formula is C29H33N3O7S. The third kappa shape index (κ3) is 6.37. The molecule has 4 rings (SSSR count). The summed E-state index contributed by atoms with van der Waals surface area (Å²) in [7, 11) is -2.66. The van der Waals surface area contributed by atoms with Crippen LogP contribution in [0, 0.1) is 6.92 Å². The van der Waals surface area contributed by atoms with Crippen LogP contribution in [0.3, 0.4) is 0 Å². The molecule has 1 aromatic heterocycles. The zero-order chi connectivity index (χ0) is 28.9. The number of amides is 1. The van der Waals surface area contributed by atoms with Crippen molar-refractivity contribution in [1.29, 1.82) is 0 Å². The second-order valence-corrected chi connectivity index (χ2v) is 10.7. The van der Waals surface area contributed by atoms with Gasteiger partial charge < -0.3 is 28.9 Å². The molecule has 4 aromatic rings. The maximum Gasteiger partial charge on any atom is 0.407 e. The predicted octanol–water partition coefficient (Wildman–Crippen LogP) is 4.63. The fourth-order valence-corrected chi connectivity index (χ4v) is 5.21. The monoisotopic (exact) mass is 567 g/mol. The first-order chi connectivity index (χ1) is 19.2. The maximum atomic E-state index is 13.9. The van der Waals surface area contributed by atoms with Gasteiger partial charge in [-0.1, -0.05) is 31.5 Å². The average Bonchev–Trinajstić information content (AvgIpc) is 2.94. The van der Waals surface area contributed by atoms with E-state index in [-0.39, 0.29) is 44.6 Å². The summed E-state index contributed by atoms with van der Waals surface area (Å²) in [5, 5.41) is 6.14.